The molecule has 0 radical (unpaired) electrons. The van der Waals surface area contributed by atoms with E-state index >= 15 is 0 Å². The van der Waals surface area contributed by atoms with Crippen LogP contribution >= 0.6 is 27.7 Å². The first-order chi connectivity index (χ1) is 19.2. The van der Waals surface area contributed by atoms with Gasteiger partial charge in [-0.15, -0.1) is 24.9 Å². The Balaban J connectivity index is 1.83. The lowest BCUT2D eigenvalue weighted by molar-refractivity contribution is -0.147. The van der Waals surface area contributed by atoms with Gasteiger partial charge in [0.1, 0.15) is 6.04 Å². The molecule has 3 saturated heterocycles. The zero-order valence-electron chi connectivity index (χ0n) is 23.7. The summed E-state index contributed by atoms with van der Waals surface area (Å²) in [5.74, 6) is -1.61. The molecule has 3 amide bonds. The van der Waals surface area contributed by atoms with E-state index in [2.05, 4.69) is 36.0 Å². The molecule has 3 aliphatic rings. The van der Waals surface area contributed by atoms with Crippen molar-refractivity contribution in [3.8, 4) is 0 Å². The Labute approximate surface area is 251 Å². The molecule has 40 heavy (non-hydrogen) atoms. The number of hydrogen-bond acceptors (Lipinski definition) is 5. The zero-order chi connectivity index (χ0) is 29.2. The molecule has 1 aromatic rings. The summed E-state index contributed by atoms with van der Waals surface area (Å²) < 4.78 is -0.766. The summed E-state index contributed by atoms with van der Waals surface area (Å²) in [7, 11) is 1.74. The van der Waals surface area contributed by atoms with Gasteiger partial charge in [-0.2, -0.15) is 0 Å². The van der Waals surface area contributed by atoms with E-state index in [-0.39, 0.29) is 40.4 Å². The molecule has 9 heteroatoms. The number of amides is 3. The highest BCUT2D eigenvalue weighted by Crippen LogP contribution is 2.68. The van der Waals surface area contributed by atoms with Crippen molar-refractivity contribution in [3.63, 3.8) is 0 Å². The van der Waals surface area contributed by atoms with E-state index in [9.17, 15) is 19.5 Å². The highest BCUT2D eigenvalue weighted by Gasteiger charge is 2.76. The fraction of sp³-hybridized carbons (Fsp3) is 0.581. The number of benzene rings is 1. The second kappa shape index (κ2) is 12.8. The van der Waals surface area contributed by atoms with E-state index < -0.39 is 28.7 Å². The lowest BCUT2D eigenvalue weighted by Crippen LogP contribution is -2.59. The fourth-order valence-corrected chi connectivity index (χ4v) is 10.6. The number of rotatable bonds is 13. The standard InChI is InChI=1S/C31H42BrN3O4S/c1-6-12-20(4)34(16-8-3)30(39)27-31-18-23(32)26(40-31)24(28(37)33(5)15-7-2)25(31)29(38)35(27)22(19-36)17-21-13-10-9-11-14-21/h7-11,13-14,20,22-27,36H,2-3,6,12,15-19H2,1,4-5H3/t20?,22-,23?,24-,25+,26-,27?,31?/m1/s1. The smallest absolute Gasteiger partial charge is 0.247 e. The van der Waals surface area contributed by atoms with E-state index in [1.807, 2.05) is 42.2 Å². The van der Waals surface area contributed by atoms with Gasteiger partial charge in [-0.3, -0.25) is 14.4 Å². The van der Waals surface area contributed by atoms with Crippen molar-refractivity contribution in [1.82, 2.24) is 14.7 Å². The maximum Gasteiger partial charge on any atom is 0.247 e. The Morgan fingerprint density at radius 1 is 1.23 bits per heavy atom. The summed E-state index contributed by atoms with van der Waals surface area (Å²) in [6.07, 6.45) is 6.18. The minimum absolute atomic E-state index is 0.00880. The lowest BCUT2D eigenvalue weighted by Gasteiger charge is -2.41. The SMILES string of the molecule is C=CCN(C)C(=O)[C@H]1[C@@H]2SC3(CC2Br)C(C(=O)N(CC=C)C(C)CCC)N([C@@H](CO)Cc2ccccc2)C(=O)[C@H]13. The summed E-state index contributed by atoms with van der Waals surface area (Å²) >= 11 is 5.47. The van der Waals surface area contributed by atoms with Crippen molar-refractivity contribution in [2.75, 3.05) is 26.7 Å². The number of hydrogen-bond donors (Lipinski definition) is 1. The molecule has 4 rings (SSSR count). The summed E-state index contributed by atoms with van der Waals surface area (Å²) in [5.41, 5.74) is 0.978. The first-order valence-electron chi connectivity index (χ1n) is 14.2. The molecule has 8 atom stereocenters. The molecular weight excluding hydrogens is 590 g/mol. The second-order valence-corrected chi connectivity index (χ2v) is 14.1. The highest BCUT2D eigenvalue weighted by molar-refractivity contribution is 9.09. The average Bonchev–Trinajstić information content (AvgIpc) is 3.53. The van der Waals surface area contributed by atoms with Gasteiger partial charge in [0.2, 0.25) is 17.7 Å². The van der Waals surface area contributed by atoms with Gasteiger partial charge in [0.05, 0.1) is 29.2 Å². The number of likely N-dealkylation sites (N-methyl/N-ethyl adjacent to an activating group) is 1. The number of alkyl halides is 1. The van der Waals surface area contributed by atoms with Crippen LogP contribution in [0.5, 0.6) is 0 Å². The predicted octanol–water partition coefficient (Wildman–Crippen LogP) is 3.90. The number of halogens is 1. The van der Waals surface area contributed by atoms with Gasteiger partial charge < -0.3 is 19.8 Å². The molecule has 4 unspecified atom stereocenters. The largest absolute Gasteiger partial charge is 0.394 e. The Bertz CT molecular complexity index is 1120. The second-order valence-electron chi connectivity index (χ2n) is 11.4. The number of carbonyl (C=O) groups is 3. The Hall–Kier alpha value is -2.10. The number of aliphatic hydroxyl groups is 1. The van der Waals surface area contributed by atoms with Gasteiger partial charge in [0.15, 0.2) is 0 Å². The van der Waals surface area contributed by atoms with Gasteiger partial charge in [0, 0.05) is 36.3 Å². The molecule has 1 N–H and O–H groups in total. The van der Waals surface area contributed by atoms with Crippen LogP contribution in [0.4, 0.5) is 0 Å². The van der Waals surface area contributed by atoms with Crippen molar-refractivity contribution < 1.29 is 19.5 Å². The highest BCUT2D eigenvalue weighted by atomic mass is 79.9. The van der Waals surface area contributed by atoms with Crippen molar-refractivity contribution in [2.24, 2.45) is 11.8 Å². The van der Waals surface area contributed by atoms with Crippen LogP contribution in [-0.4, -0.2) is 97.2 Å². The molecule has 1 spiro atoms. The molecular formula is C31H42BrN3O4S. The van der Waals surface area contributed by atoms with E-state index in [1.165, 1.54) is 0 Å². The van der Waals surface area contributed by atoms with Crippen LogP contribution in [-0.2, 0) is 20.8 Å². The van der Waals surface area contributed by atoms with Gasteiger partial charge in [-0.05, 0) is 31.7 Å². The quantitative estimate of drug-likeness (QED) is 0.264. The van der Waals surface area contributed by atoms with Gasteiger partial charge in [-0.25, -0.2) is 0 Å². The molecule has 3 fully saturated rings. The third kappa shape index (κ3) is 5.29. The molecule has 7 nitrogen and oxygen atoms in total. The van der Waals surface area contributed by atoms with Crippen LogP contribution in [0.2, 0.25) is 0 Å². The minimum atomic E-state index is -0.789. The van der Waals surface area contributed by atoms with E-state index in [0.717, 1.165) is 18.4 Å². The molecule has 218 valence electrons. The maximum absolute atomic E-state index is 14.7. The normalized spacial score (nSPS) is 30.1. The molecule has 0 saturated carbocycles. The van der Waals surface area contributed by atoms with Crippen LogP contribution < -0.4 is 0 Å². The Morgan fingerprint density at radius 3 is 2.50 bits per heavy atom. The number of fused-ring (bicyclic) bond motifs is 1. The number of nitrogens with zero attached hydrogens (tertiary/aromatic N) is 3. The molecule has 1 aromatic carbocycles. The Morgan fingerprint density at radius 2 is 1.90 bits per heavy atom. The van der Waals surface area contributed by atoms with E-state index in [1.54, 1.807) is 40.8 Å². The summed E-state index contributed by atoms with van der Waals surface area (Å²) in [4.78, 5) is 48.2. The van der Waals surface area contributed by atoms with Crippen LogP contribution in [0.15, 0.2) is 55.6 Å². The molecule has 3 heterocycles. The third-order valence-corrected chi connectivity index (χ3v) is 12.0. The number of carbonyl (C=O) groups excluding carboxylic acids is 3. The van der Waals surface area contributed by atoms with E-state index in [4.69, 9.17) is 0 Å². The Kier molecular flexibility index (Phi) is 9.89. The summed E-state index contributed by atoms with van der Waals surface area (Å²) in [6.45, 7) is 12.3. The predicted molar refractivity (Wildman–Crippen MR) is 164 cm³/mol. The van der Waals surface area contributed by atoms with Gasteiger partial charge in [-0.1, -0.05) is 71.8 Å². The topological polar surface area (TPSA) is 81.2 Å². The van der Waals surface area contributed by atoms with Crippen LogP contribution in [0, 0.1) is 11.8 Å². The van der Waals surface area contributed by atoms with Crippen molar-refractivity contribution in [3.05, 3.63) is 61.2 Å². The van der Waals surface area contributed by atoms with Crippen molar-refractivity contribution >= 4 is 45.4 Å². The van der Waals surface area contributed by atoms with E-state index in [0.29, 0.717) is 25.9 Å². The van der Waals surface area contributed by atoms with Crippen LogP contribution in [0.1, 0.15) is 38.7 Å². The average molecular weight is 633 g/mol. The summed E-state index contributed by atoms with van der Waals surface area (Å²) in [6, 6.07) is 8.31. The fourth-order valence-electron chi connectivity index (χ4n) is 7.05. The number of likely N-dealkylation sites (tertiary alicyclic amines) is 1. The van der Waals surface area contributed by atoms with Gasteiger partial charge in [0.25, 0.3) is 0 Å². The third-order valence-electron chi connectivity index (χ3n) is 8.79. The minimum Gasteiger partial charge on any atom is -0.394 e. The molecule has 0 aromatic heterocycles. The zero-order valence-corrected chi connectivity index (χ0v) is 26.1. The van der Waals surface area contributed by atoms with Crippen LogP contribution in [0.25, 0.3) is 0 Å². The first kappa shape index (κ1) is 30.8. The first-order valence-corrected chi connectivity index (χ1v) is 16.0. The lowest BCUT2D eigenvalue weighted by atomic mass is 9.70. The number of thioether (sulfide) groups is 1. The molecule has 0 aliphatic carbocycles. The van der Waals surface area contributed by atoms with Crippen LogP contribution in [0.3, 0.4) is 0 Å². The van der Waals surface area contributed by atoms with Gasteiger partial charge >= 0.3 is 0 Å². The summed E-state index contributed by atoms with van der Waals surface area (Å²) in [5, 5.41) is 10.6. The molecule has 3 aliphatic heterocycles. The van der Waals surface area contributed by atoms with Crippen molar-refractivity contribution in [1.29, 1.82) is 0 Å². The monoisotopic (exact) mass is 631 g/mol. The van der Waals surface area contributed by atoms with Crippen molar-refractivity contribution in [2.45, 2.75) is 72.5 Å². The maximum atomic E-state index is 14.7. The molecule has 2 bridgehead atoms. The number of aliphatic hydroxyl groups excluding tert-OH is 1.